The molecule has 0 radical (unpaired) electrons. The Labute approximate surface area is 179 Å². The molecular formula is C24H23N5O2. The van der Waals surface area contributed by atoms with Crippen LogP contribution in [0.2, 0.25) is 0 Å². The summed E-state index contributed by atoms with van der Waals surface area (Å²) in [5, 5.41) is 4.54. The van der Waals surface area contributed by atoms with E-state index in [2.05, 4.69) is 33.0 Å². The highest BCUT2D eigenvalue weighted by atomic mass is 16.4. The van der Waals surface area contributed by atoms with Crippen LogP contribution in [0.15, 0.2) is 59.3 Å². The van der Waals surface area contributed by atoms with Crippen molar-refractivity contribution in [3.05, 3.63) is 54.9 Å². The minimum Gasteiger partial charge on any atom is -0.423 e. The number of aromatic nitrogens is 3. The number of amides is 1. The number of para-hydroxylation sites is 2. The van der Waals surface area contributed by atoms with Crippen LogP contribution in [-0.4, -0.2) is 33.3 Å². The predicted molar refractivity (Wildman–Crippen MR) is 120 cm³/mol. The van der Waals surface area contributed by atoms with Crippen molar-refractivity contribution >= 4 is 34.4 Å². The Morgan fingerprint density at radius 1 is 1.10 bits per heavy atom. The molecule has 31 heavy (non-hydrogen) atoms. The molecule has 7 nitrogen and oxygen atoms in total. The molecule has 1 aliphatic carbocycles. The van der Waals surface area contributed by atoms with Crippen LogP contribution in [0.5, 0.6) is 0 Å². The highest BCUT2D eigenvalue weighted by Gasteiger charge is 2.34. The zero-order valence-corrected chi connectivity index (χ0v) is 17.5. The molecule has 2 aromatic carbocycles. The maximum Gasteiger partial charge on any atom is 0.303 e. The van der Waals surface area contributed by atoms with E-state index in [1.165, 1.54) is 12.8 Å². The Bertz CT molecular complexity index is 1270. The molecule has 1 aliphatic heterocycles. The van der Waals surface area contributed by atoms with Gasteiger partial charge in [-0.25, -0.2) is 0 Å². The Hall–Kier alpha value is -3.61. The first-order valence-corrected chi connectivity index (χ1v) is 10.7. The Morgan fingerprint density at radius 2 is 1.94 bits per heavy atom. The molecule has 0 spiro atoms. The average Bonchev–Trinajstić information content (AvgIpc) is 3.33. The second-order valence-electron chi connectivity index (χ2n) is 8.46. The summed E-state index contributed by atoms with van der Waals surface area (Å²) in [5.74, 6) is 0.0280. The van der Waals surface area contributed by atoms with E-state index in [9.17, 15) is 4.79 Å². The third-order valence-electron chi connectivity index (χ3n) is 6.12. The minimum atomic E-state index is -0.0107. The largest absolute Gasteiger partial charge is 0.423 e. The maximum absolute atomic E-state index is 12.5. The number of nitrogens with zero attached hydrogens (tertiary/aromatic N) is 5. The normalized spacial score (nSPS) is 18.5. The number of carbonyl (C=O) groups is 1. The van der Waals surface area contributed by atoms with Gasteiger partial charge in [0.25, 0.3) is 0 Å². The Morgan fingerprint density at radius 3 is 2.71 bits per heavy atom. The van der Waals surface area contributed by atoms with Crippen LogP contribution in [0.25, 0.3) is 22.2 Å². The lowest BCUT2D eigenvalue weighted by Crippen LogP contribution is -2.48. The first-order chi connectivity index (χ1) is 15.1. The Balaban J connectivity index is 1.48. The standard InChI is InChI=1S/C24H23N5O2/c1-15-13-27(24-26-20-5-3-4-6-23(20)31-24)22-11-17(7-10-21(22)29(15)16(2)30)18-12-25-28(14-18)19-8-9-19/h3-7,10-12,14-15,19H,8-9,13H2,1-2H3/t15-/m0/s1. The lowest BCUT2D eigenvalue weighted by atomic mass is 10.0. The second-order valence-corrected chi connectivity index (χ2v) is 8.46. The van der Waals surface area contributed by atoms with E-state index in [0.29, 0.717) is 18.6 Å². The summed E-state index contributed by atoms with van der Waals surface area (Å²) in [6, 6.07) is 15.0. The van der Waals surface area contributed by atoms with Gasteiger partial charge in [-0.05, 0) is 49.6 Å². The molecule has 1 amide bonds. The number of rotatable bonds is 3. The Kier molecular flexibility index (Phi) is 3.93. The van der Waals surface area contributed by atoms with Gasteiger partial charge in [-0.2, -0.15) is 10.1 Å². The van der Waals surface area contributed by atoms with Crippen molar-refractivity contribution in [1.29, 1.82) is 0 Å². The van der Waals surface area contributed by atoms with Crippen molar-refractivity contribution in [2.75, 3.05) is 16.3 Å². The zero-order valence-electron chi connectivity index (χ0n) is 17.5. The van der Waals surface area contributed by atoms with E-state index < -0.39 is 0 Å². The van der Waals surface area contributed by atoms with Crippen molar-refractivity contribution < 1.29 is 9.21 Å². The summed E-state index contributed by atoms with van der Waals surface area (Å²) in [6.07, 6.45) is 6.42. The molecule has 0 N–H and O–H groups in total. The van der Waals surface area contributed by atoms with Crippen molar-refractivity contribution in [3.63, 3.8) is 0 Å². The fraction of sp³-hybridized carbons (Fsp3) is 0.292. The lowest BCUT2D eigenvalue weighted by molar-refractivity contribution is -0.117. The predicted octanol–water partition coefficient (Wildman–Crippen LogP) is 4.92. The summed E-state index contributed by atoms with van der Waals surface area (Å²) in [5.41, 5.74) is 5.48. The third-order valence-corrected chi connectivity index (χ3v) is 6.12. The first-order valence-electron chi connectivity index (χ1n) is 10.7. The summed E-state index contributed by atoms with van der Waals surface area (Å²) in [6.45, 7) is 4.26. The van der Waals surface area contributed by atoms with Gasteiger partial charge in [0.05, 0.1) is 29.7 Å². The molecule has 156 valence electrons. The molecular weight excluding hydrogens is 390 g/mol. The smallest absolute Gasteiger partial charge is 0.303 e. The number of fused-ring (bicyclic) bond motifs is 2. The summed E-state index contributed by atoms with van der Waals surface area (Å²) in [7, 11) is 0. The topological polar surface area (TPSA) is 67.4 Å². The van der Waals surface area contributed by atoms with E-state index in [4.69, 9.17) is 9.40 Å². The van der Waals surface area contributed by atoms with Crippen molar-refractivity contribution in [1.82, 2.24) is 14.8 Å². The number of carbonyl (C=O) groups excluding carboxylic acids is 1. The second kappa shape index (κ2) is 6.70. The van der Waals surface area contributed by atoms with Gasteiger partial charge in [0.1, 0.15) is 5.52 Å². The van der Waals surface area contributed by atoms with E-state index in [1.807, 2.05) is 48.4 Å². The van der Waals surface area contributed by atoms with Crippen molar-refractivity contribution in [2.45, 2.75) is 38.8 Å². The zero-order chi connectivity index (χ0) is 21.1. The third kappa shape index (κ3) is 3.00. The van der Waals surface area contributed by atoms with Crippen molar-refractivity contribution in [2.24, 2.45) is 0 Å². The van der Waals surface area contributed by atoms with Gasteiger partial charge in [-0.15, -0.1) is 0 Å². The molecule has 1 fully saturated rings. The average molecular weight is 413 g/mol. The molecule has 7 heteroatoms. The van der Waals surface area contributed by atoms with E-state index in [-0.39, 0.29) is 11.9 Å². The van der Waals surface area contributed by atoms with Crippen LogP contribution in [0.3, 0.4) is 0 Å². The van der Waals surface area contributed by atoms with Gasteiger partial charge in [0.15, 0.2) is 5.58 Å². The molecule has 6 rings (SSSR count). The minimum absolute atomic E-state index is 0.0107. The monoisotopic (exact) mass is 413 g/mol. The molecule has 2 aromatic heterocycles. The van der Waals surface area contributed by atoms with Crippen LogP contribution < -0.4 is 9.80 Å². The van der Waals surface area contributed by atoms with Crippen LogP contribution in [-0.2, 0) is 4.79 Å². The van der Waals surface area contributed by atoms with Gasteiger partial charge < -0.3 is 9.32 Å². The summed E-state index contributed by atoms with van der Waals surface area (Å²) in [4.78, 5) is 21.1. The van der Waals surface area contributed by atoms with Gasteiger partial charge in [-0.3, -0.25) is 14.4 Å². The quantitative estimate of drug-likeness (QED) is 0.477. The molecule has 4 aromatic rings. The molecule has 3 heterocycles. The summed E-state index contributed by atoms with van der Waals surface area (Å²) < 4.78 is 8.15. The van der Waals surface area contributed by atoms with Crippen LogP contribution >= 0.6 is 0 Å². The first kappa shape index (κ1) is 18.2. The number of hydrogen-bond acceptors (Lipinski definition) is 5. The van der Waals surface area contributed by atoms with Gasteiger partial charge in [-0.1, -0.05) is 18.2 Å². The highest BCUT2D eigenvalue weighted by molar-refractivity contribution is 5.99. The highest BCUT2D eigenvalue weighted by Crippen LogP contribution is 2.43. The molecule has 0 unspecified atom stereocenters. The fourth-order valence-electron chi connectivity index (χ4n) is 4.47. The van der Waals surface area contributed by atoms with E-state index in [0.717, 1.165) is 33.6 Å². The molecule has 0 bridgehead atoms. The molecule has 2 aliphatic rings. The van der Waals surface area contributed by atoms with Crippen molar-refractivity contribution in [3.8, 4) is 11.1 Å². The number of oxazole rings is 1. The molecule has 1 saturated carbocycles. The number of anilines is 3. The SMILES string of the molecule is CC(=O)N1c2ccc(-c3cnn(C4CC4)c3)cc2N(c2nc3ccccc3o2)C[C@@H]1C. The maximum atomic E-state index is 12.5. The van der Waals surface area contributed by atoms with Crippen LogP contribution in [0, 0.1) is 0 Å². The van der Waals surface area contributed by atoms with E-state index in [1.54, 1.807) is 6.92 Å². The molecule has 1 atom stereocenters. The fourth-order valence-corrected chi connectivity index (χ4v) is 4.47. The van der Waals surface area contributed by atoms with E-state index >= 15 is 0 Å². The van der Waals surface area contributed by atoms with Gasteiger partial charge >= 0.3 is 6.01 Å². The van der Waals surface area contributed by atoms with Crippen LogP contribution in [0.4, 0.5) is 17.4 Å². The van der Waals surface area contributed by atoms with Gasteiger partial charge in [0.2, 0.25) is 5.91 Å². The van der Waals surface area contributed by atoms with Gasteiger partial charge in [0, 0.05) is 25.2 Å². The number of hydrogen-bond donors (Lipinski definition) is 0. The van der Waals surface area contributed by atoms with Crippen LogP contribution in [0.1, 0.15) is 32.7 Å². The molecule has 0 saturated heterocycles. The summed E-state index contributed by atoms with van der Waals surface area (Å²) >= 11 is 0. The number of benzene rings is 2. The lowest BCUT2D eigenvalue weighted by Gasteiger charge is -2.40.